The number of rotatable bonds is 6. The number of nitrogens with zero attached hydrogens (tertiary/aromatic N) is 1. The van der Waals surface area contributed by atoms with E-state index in [4.69, 9.17) is 0 Å². The predicted molar refractivity (Wildman–Crippen MR) is 87.1 cm³/mol. The van der Waals surface area contributed by atoms with Gasteiger partial charge in [-0.1, -0.05) is 44.5 Å². The van der Waals surface area contributed by atoms with Crippen molar-refractivity contribution in [3.05, 3.63) is 35.4 Å². The van der Waals surface area contributed by atoms with Gasteiger partial charge in [0.25, 0.3) is 0 Å². The number of nitrogens with one attached hydrogen (secondary N) is 1. The molecular formula is C18H30N2. The molecular weight excluding hydrogens is 244 g/mol. The number of benzene rings is 1. The molecule has 1 heterocycles. The minimum atomic E-state index is 0.455. The van der Waals surface area contributed by atoms with Crippen LogP contribution in [-0.4, -0.2) is 31.6 Å². The summed E-state index contributed by atoms with van der Waals surface area (Å²) in [6, 6.07) is 9.58. The lowest BCUT2D eigenvalue weighted by molar-refractivity contribution is 0.158. The Hall–Kier alpha value is -0.860. The largest absolute Gasteiger partial charge is 0.312 e. The molecule has 0 radical (unpaired) electrons. The normalized spacial score (nSPS) is 21.9. The third-order valence-corrected chi connectivity index (χ3v) is 4.76. The maximum atomic E-state index is 3.49. The molecule has 1 saturated heterocycles. The van der Waals surface area contributed by atoms with Gasteiger partial charge in [0.2, 0.25) is 0 Å². The molecule has 2 nitrogen and oxygen atoms in total. The van der Waals surface area contributed by atoms with Gasteiger partial charge < -0.3 is 10.2 Å². The molecule has 2 heteroatoms. The summed E-state index contributed by atoms with van der Waals surface area (Å²) in [5.74, 6) is 0.906. The van der Waals surface area contributed by atoms with E-state index in [1.165, 1.54) is 43.5 Å². The Labute approximate surface area is 124 Å². The van der Waals surface area contributed by atoms with Crippen molar-refractivity contribution in [3.8, 4) is 0 Å². The van der Waals surface area contributed by atoms with Crippen LogP contribution >= 0.6 is 0 Å². The third-order valence-electron chi connectivity index (χ3n) is 4.76. The van der Waals surface area contributed by atoms with Gasteiger partial charge in [-0.3, -0.25) is 0 Å². The molecule has 2 rings (SSSR count). The average molecular weight is 274 g/mol. The monoisotopic (exact) mass is 274 g/mol. The number of piperidine rings is 1. The molecule has 2 unspecified atom stereocenters. The van der Waals surface area contributed by atoms with E-state index in [1.807, 2.05) is 0 Å². The van der Waals surface area contributed by atoms with E-state index in [0.29, 0.717) is 6.04 Å². The van der Waals surface area contributed by atoms with Crippen LogP contribution in [0.5, 0.6) is 0 Å². The molecule has 0 amide bonds. The highest BCUT2D eigenvalue weighted by Gasteiger charge is 2.21. The fraction of sp³-hybridized carbons (Fsp3) is 0.667. The van der Waals surface area contributed by atoms with Gasteiger partial charge in [0.15, 0.2) is 0 Å². The molecule has 1 N–H and O–H groups in total. The molecule has 0 spiro atoms. The summed E-state index contributed by atoms with van der Waals surface area (Å²) in [4.78, 5) is 2.65. The van der Waals surface area contributed by atoms with Crippen LogP contribution in [0.3, 0.4) is 0 Å². The van der Waals surface area contributed by atoms with E-state index in [2.05, 4.69) is 55.4 Å². The minimum Gasteiger partial charge on any atom is -0.312 e. The number of hydrogen-bond acceptors (Lipinski definition) is 2. The van der Waals surface area contributed by atoms with Gasteiger partial charge in [0.1, 0.15) is 0 Å². The molecule has 2 atom stereocenters. The van der Waals surface area contributed by atoms with Crippen LogP contribution in [0, 0.1) is 5.92 Å². The predicted octanol–water partition coefficient (Wildman–Crippen LogP) is 3.63. The van der Waals surface area contributed by atoms with Gasteiger partial charge in [-0.15, -0.1) is 0 Å². The smallest absolute Gasteiger partial charge is 0.0446 e. The van der Waals surface area contributed by atoms with Crippen molar-refractivity contribution in [1.82, 2.24) is 10.2 Å². The second-order valence-corrected chi connectivity index (χ2v) is 6.11. The number of likely N-dealkylation sites (N-methyl/N-ethyl adjacent to an activating group) is 1. The van der Waals surface area contributed by atoms with Gasteiger partial charge in [-0.25, -0.2) is 0 Å². The fourth-order valence-electron chi connectivity index (χ4n) is 3.26. The first-order valence-corrected chi connectivity index (χ1v) is 8.25. The van der Waals surface area contributed by atoms with Gasteiger partial charge in [-0.05, 0) is 49.9 Å². The van der Waals surface area contributed by atoms with Crippen molar-refractivity contribution in [2.24, 2.45) is 5.92 Å². The van der Waals surface area contributed by atoms with Gasteiger partial charge in [0, 0.05) is 19.1 Å². The zero-order chi connectivity index (χ0) is 14.4. The second kappa shape index (κ2) is 7.80. The molecule has 1 fully saturated rings. The summed E-state index contributed by atoms with van der Waals surface area (Å²) in [6.07, 6.45) is 5.23. The van der Waals surface area contributed by atoms with E-state index in [-0.39, 0.29) is 0 Å². The third kappa shape index (κ3) is 4.07. The Morgan fingerprint density at radius 3 is 2.60 bits per heavy atom. The summed E-state index contributed by atoms with van der Waals surface area (Å²) in [7, 11) is 2.08. The van der Waals surface area contributed by atoms with Crippen molar-refractivity contribution in [2.75, 3.05) is 26.7 Å². The van der Waals surface area contributed by atoms with Gasteiger partial charge in [0.05, 0.1) is 0 Å². The topological polar surface area (TPSA) is 15.3 Å². The highest BCUT2D eigenvalue weighted by atomic mass is 15.2. The van der Waals surface area contributed by atoms with E-state index in [9.17, 15) is 0 Å². The summed E-state index contributed by atoms with van der Waals surface area (Å²) in [5, 5.41) is 3.49. The maximum absolute atomic E-state index is 3.49. The highest BCUT2D eigenvalue weighted by Crippen LogP contribution is 2.22. The minimum absolute atomic E-state index is 0.455. The summed E-state index contributed by atoms with van der Waals surface area (Å²) < 4.78 is 0. The SMILES string of the molecule is CCc1ccc(C(CN2CCCC(CC)C2)NC)cc1. The first kappa shape index (κ1) is 15.5. The quantitative estimate of drug-likeness (QED) is 0.852. The van der Waals surface area contributed by atoms with Crippen LogP contribution in [0.1, 0.15) is 50.3 Å². The molecule has 1 aromatic rings. The van der Waals surface area contributed by atoms with Crippen LogP contribution in [0.2, 0.25) is 0 Å². The molecule has 0 aliphatic carbocycles. The van der Waals surface area contributed by atoms with Crippen LogP contribution in [0.25, 0.3) is 0 Å². The summed E-state index contributed by atoms with van der Waals surface area (Å²) in [5.41, 5.74) is 2.84. The maximum Gasteiger partial charge on any atom is 0.0446 e. The van der Waals surface area contributed by atoms with Crippen molar-refractivity contribution < 1.29 is 0 Å². The van der Waals surface area contributed by atoms with E-state index in [1.54, 1.807) is 0 Å². The van der Waals surface area contributed by atoms with Crippen LogP contribution in [0.15, 0.2) is 24.3 Å². The lowest BCUT2D eigenvalue weighted by Gasteiger charge is -2.34. The fourth-order valence-corrected chi connectivity index (χ4v) is 3.26. The lowest BCUT2D eigenvalue weighted by Crippen LogP contribution is -2.40. The zero-order valence-corrected chi connectivity index (χ0v) is 13.4. The molecule has 1 aromatic carbocycles. The first-order chi connectivity index (χ1) is 9.76. The molecule has 1 aliphatic heterocycles. The first-order valence-electron chi connectivity index (χ1n) is 8.25. The summed E-state index contributed by atoms with van der Waals surface area (Å²) in [6.45, 7) is 8.22. The van der Waals surface area contributed by atoms with Crippen LogP contribution < -0.4 is 5.32 Å². The standard InChI is InChI=1S/C18H30N2/c1-4-15-8-10-17(11-9-15)18(19-3)14-20-12-6-7-16(5-2)13-20/h8-11,16,18-19H,4-7,12-14H2,1-3H3. The highest BCUT2D eigenvalue weighted by molar-refractivity contribution is 5.25. The number of likely N-dealkylation sites (tertiary alicyclic amines) is 1. The van der Waals surface area contributed by atoms with Crippen LogP contribution in [-0.2, 0) is 6.42 Å². The van der Waals surface area contributed by atoms with Crippen molar-refractivity contribution in [2.45, 2.75) is 45.6 Å². The number of aryl methyl sites for hydroxylation is 1. The second-order valence-electron chi connectivity index (χ2n) is 6.11. The van der Waals surface area contributed by atoms with Crippen LogP contribution in [0.4, 0.5) is 0 Å². The molecule has 112 valence electrons. The molecule has 1 aliphatic rings. The Morgan fingerprint density at radius 1 is 1.25 bits per heavy atom. The van der Waals surface area contributed by atoms with Gasteiger partial charge >= 0.3 is 0 Å². The summed E-state index contributed by atoms with van der Waals surface area (Å²) >= 11 is 0. The lowest BCUT2D eigenvalue weighted by atomic mass is 9.94. The van der Waals surface area contributed by atoms with E-state index in [0.717, 1.165) is 18.9 Å². The van der Waals surface area contributed by atoms with Gasteiger partial charge in [-0.2, -0.15) is 0 Å². The van der Waals surface area contributed by atoms with Crippen molar-refractivity contribution in [3.63, 3.8) is 0 Å². The molecule has 20 heavy (non-hydrogen) atoms. The Kier molecular flexibility index (Phi) is 6.06. The Morgan fingerprint density at radius 2 is 2.00 bits per heavy atom. The zero-order valence-electron chi connectivity index (χ0n) is 13.4. The molecule has 0 bridgehead atoms. The van der Waals surface area contributed by atoms with E-state index >= 15 is 0 Å². The molecule has 0 aromatic heterocycles. The number of hydrogen-bond donors (Lipinski definition) is 1. The Balaban J connectivity index is 1.97. The Bertz CT molecular complexity index is 385. The molecule has 0 saturated carbocycles. The van der Waals surface area contributed by atoms with E-state index < -0.39 is 0 Å². The van der Waals surface area contributed by atoms with Crippen molar-refractivity contribution >= 4 is 0 Å². The van der Waals surface area contributed by atoms with Crippen molar-refractivity contribution in [1.29, 1.82) is 0 Å². The average Bonchev–Trinajstić information content (AvgIpc) is 2.53.